The van der Waals surface area contributed by atoms with Crippen molar-refractivity contribution in [3.8, 4) is 0 Å². The molecule has 72 valence electrons. The third kappa shape index (κ3) is 3.09. The second-order valence-corrected chi connectivity index (χ2v) is 4.38. The normalized spacial score (nSPS) is 12.9. The number of benzene rings is 1. The molecule has 0 spiro atoms. The Balaban J connectivity index is 2.88. The van der Waals surface area contributed by atoms with Gasteiger partial charge in [0.25, 0.3) is 0 Å². The van der Waals surface area contributed by atoms with E-state index in [0.717, 1.165) is 9.13 Å². The number of nitrogens with two attached hydrogens (primary N) is 1. The van der Waals surface area contributed by atoms with Crippen LogP contribution in [0.5, 0.6) is 0 Å². The molecule has 0 radical (unpaired) electrons. The Labute approximate surface area is 96.2 Å². The van der Waals surface area contributed by atoms with Crippen molar-refractivity contribution in [2.45, 2.75) is 12.5 Å². The maximum Gasteiger partial charge on any atom is 0.0449 e. The van der Waals surface area contributed by atoms with Gasteiger partial charge in [-0.25, -0.2) is 0 Å². The van der Waals surface area contributed by atoms with Crippen LogP contribution in [0.1, 0.15) is 18.0 Å². The molecule has 0 aliphatic rings. The molecule has 0 saturated carbocycles. The fourth-order valence-corrected chi connectivity index (χ4v) is 2.37. The second-order valence-electron chi connectivity index (χ2n) is 2.78. The van der Waals surface area contributed by atoms with Crippen molar-refractivity contribution in [2.24, 2.45) is 5.73 Å². The fraction of sp³-hybridized carbons (Fsp3) is 0.333. The summed E-state index contributed by atoms with van der Waals surface area (Å²) in [4.78, 5) is 0. The second kappa shape index (κ2) is 5.14. The Hall–Kier alpha value is 0.160. The highest BCUT2D eigenvalue weighted by Crippen LogP contribution is 2.23. The summed E-state index contributed by atoms with van der Waals surface area (Å²) in [6.45, 7) is 0.111. The van der Waals surface area contributed by atoms with Crippen LogP contribution < -0.4 is 5.73 Å². The molecule has 13 heavy (non-hydrogen) atoms. The van der Waals surface area contributed by atoms with E-state index in [1.54, 1.807) is 0 Å². The Kier molecular flexibility index (Phi) is 4.45. The van der Waals surface area contributed by atoms with E-state index in [9.17, 15) is 0 Å². The molecule has 1 atom stereocenters. The Morgan fingerprint density at radius 3 is 2.77 bits per heavy atom. The highest BCUT2D eigenvalue weighted by Gasteiger charge is 2.08. The molecule has 0 aromatic heterocycles. The molecule has 0 saturated heterocycles. The van der Waals surface area contributed by atoms with Crippen LogP contribution in [0.2, 0.25) is 5.02 Å². The summed E-state index contributed by atoms with van der Waals surface area (Å²) in [6.07, 6.45) is 0.581. The predicted octanol–water partition coefficient (Wildman–Crippen LogP) is 2.33. The SMILES string of the molecule is NC(CCO)c1ccc(Cl)cc1I. The Morgan fingerprint density at radius 1 is 1.54 bits per heavy atom. The lowest BCUT2D eigenvalue weighted by Crippen LogP contribution is -2.13. The molecule has 4 heteroatoms. The van der Waals surface area contributed by atoms with Crippen molar-refractivity contribution >= 4 is 34.2 Å². The van der Waals surface area contributed by atoms with Gasteiger partial charge in [0.05, 0.1) is 0 Å². The van der Waals surface area contributed by atoms with Crippen LogP contribution >= 0.6 is 34.2 Å². The molecule has 2 nitrogen and oxygen atoms in total. The van der Waals surface area contributed by atoms with Gasteiger partial charge in [-0.2, -0.15) is 0 Å². The summed E-state index contributed by atoms with van der Waals surface area (Å²) in [5.74, 6) is 0. The van der Waals surface area contributed by atoms with Crippen molar-refractivity contribution in [1.29, 1.82) is 0 Å². The van der Waals surface area contributed by atoms with Gasteiger partial charge in [0.15, 0.2) is 0 Å². The highest BCUT2D eigenvalue weighted by molar-refractivity contribution is 14.1. The first kappa shape index (κ1) is 11.2. The van der Waals surface area contributed by atoms with Crippen molar-refractivity contribution in [3.63, 3.8) is 0 Å². The zero-order valence-corrected chi connectivity index (χ0v) is 9.92. The topological polar surface area (TPSA) is 46.2 Å². The summed E-state index contributed by atoms with van der Waals surface area (Å²) in [5.41, 5.74) is 6.89. The van der Waals surface area contributed by atoms with Gasteiger partial charge in [-0.15, -0.1) is 0 Å². The lowest BCUT2D eigenvalue weighted by Gasteiger charge is -2.12. The van der Waals surface area contributed by atoms with E-state index in [0.29, 0.717) is 11.4 Å². The number of aliphatic hydroxyl groups excluding tert-OH is 1. The minimum Gasteiger partial charge on any atom is -0.396 e. The molecule has 0 amide bonds. The maximum absolute atomic E-state index is 8.73. The van der Waals surface area contributed by atoms with E-state index < -0.39 is 0 Å². The predicted molar refractivity (Wildman–Crippen MR) is 62.8 cm³/mol. The zero-order valence-electron chi connectivity index (χ0n) is 7.00. The summed E-state index contributed by atoms with van der Waals surface area (Å²) in [7, 11) is 0. The van der Waals surface area contributed by atoms with Crippen LogP contribution in [-0.4, -0.2) is 11.7 Å². The lowest BCUT2D eigenvalue weighted by atomic mass is 10.1. The van der Waals surface area contributed by atoms with E-state index in [-0.39, 0.29) is 12.6 Å². The summed E-state index contributed by atoms with van der Waals surface area (Å²) >= 11 is 8.00. The maximum atomic E-state index is 8.73. The third-order valence-electron chi connectivity index (χ3n) is 1.80. The monoisotopic (exact) mass is 311 g/mol. The van der Waals surface area contributed by atoms with Crippen LogP contribution in [0.15, 0.2) is 18.2 Å². The lowest BCUT2D eigenvalue weighted by molar-refractivity contribution is 0.276. The van der Waals surface area contributed by atoms with Gasteiger partial charge in [0.2, 0.25) is 0 Å². The quantitative estimate of drug-likeness (QED) is 0.842. The molecule has 0 aliphatic carbocycles. The molecular weight excluding hydrogens is 300 g/mol. The first-order valence-corrected chi connectivity index (χ1v) is 5.42. The number of halogens is 2. The first-order chi connectivity index (χ1) is 6.15. The molecule has 1 aromatic carbocycles. The zero-order chi connectivity index (χ0) is 9.84. The minimum absolute atomic E-state index is 0.103. The average Bonchev–Trinajstić information content (AvgIpc) is 2.04. The van der Waals surface area contributed by atoms with Crippen molar-refractivity contribution in [2.75, 3.05) is 6.61 Å². The van der Waals surface area contributed by atoms with Gasteiger partial charge in [-0.05, 0) is 46.7 Å². The molecule has 0 heterocycles. The fourth-order valence-electron chi connectivity index (χ4n) is 1.10. The average molecular weight is 312 g/mol. The Bertz CT molecular complexity index is 293. The molecular formula is C9H11ClINO. The van der Waals surface area contributed by atoms with E-state index in [1.807, 2.05) is 18.2 Å². The van der Waals surface area contributed by atoms with Gasteiger partial charge in [-0.3, -0.25) is 0 Å². The molecule has 3 N–H and O–H groups in total. The number of rotatable bonds is 3. The van der Waals surface area contributed by atoms with Gasteiger partial charge in [0.1, 0.15) is 0 Å². The van der Waals surface area contributed by atoms with Crippen molar-refractivity contribution in [1.82, 2.24) is 0 Å². The van der Waals surface area contributed by atoms with Crippen molar-refractivity contribution < 1.29 is 5.11 Å². The molecule has 0 aliphatic heterocycles. The molecule has 0 fully saturated rings. The van der Waals surface area contributed by atoms with E-state index in [4.69, 9.17) is 22.4 Å². The van der Waals surface area contributed by atoms with Crippen LogP contribution in [0.25, 0.3) is 0 Å². The molecule has 1 aromatic rings. The summed E-state index contributed by atoms with van der Waals surface area (Å²) < 4.78 is 1.05. The van der Waals surface area contributed by atoms with E-state index in [1.165, 1.54) is 0 Å². The number of hydrogen-bond acceptors (Lipinski definition) is 2. The molecule has 0 bridgehead atoms. The van der Waals surface area contributed by atoms with Gasteiger partial charge < -0.3 is 10.8 Å². The van der Waals surface area contributed by atoms with E-state index in [2.05, 4.69) is 22.6 Å². The largest absolute Gasteiger partial charge is 0.396 e. The smallest absolute Gasteiger partial charge is 0.0449 e. The number of hydrogen-bond donors (Lipinski definition) is 2. The van der Waals surface area contributed by atoms with E-state index >= 15 is 0 Å². The van der Waals surface area contributed by atoms with Gasteiger partial charge >= 0.3 is 0 Å². The third-order valence-corrected chi connectivity index (χ3v) is 2.97. The summed E-state index contributed by atoms with van der Waals surface area (Å²) in [6, 6.07) is 5.49. The molecule has 1 unspecified atom stereocenters. The minimum atomic E-state index is -0.103. The first-order valence-electron chi connectivity index (χ1n) is 3.96. The van der Waals surface area contributed by atoms with Crippen LogP contribution in [0.4, 0.5) is 0 Å². The highest BCUT2D eigenvalue weighted by atomic mass is 127. The number of aliphatic hydroxyl groups is 1. The summed E-state index contributed by atoms with van der Waals surface area (Å²) in [5, 5.41) is 9.45. The van der Waals surface area contributed by atoms with Crippen LogP contribution in [0.3, 0.4) is 0 Å². The van der Waals surface area contributed by atoms with Crippen LogP contribution in [-0.2, 0) is 0 Å². The van der Waals surface area contributed by atoms with Crippen LogP contribution in [0, 0.1) is 3.57 Å². The van der Waals surface area contributed by atoms with Crippen molar-refractivity contribution in [3.05, 3.63) is 32.4 Å². The Morgan fingerprint density at radius 2 is 2.23 bits per heavy atom. The van der Waals surface area contributed by atoms with Gasteiger partial charge in [0, 0.05) is 21.2 Å². The molecule has 1 rings (SSSR count). The standard InChI is InChI=1S/C9H11ClINO/c10-6-1-2-7(8(11)5-6)9(12)3-4-13/h1-2,5,9,13H,3-4,12H2. The van der Waals surface area contributed by atoms with Gasteiger partial charge in [-0.1, -0.05) is 17.7 Å².